The van der Waals surface area contributed by atoms with E-state index in [0.717, 1.165) is 0 Å². The molecule has 0 aliphatic heterocycles. The second kappa shape index (κ2) is 3.95. The predicted octanol–water partition coefficient (Wildman–Crippen LogP) is 1.11. The standard InChI is InChI=1S/C5H9ClO3S/c1-3-9-10(7,8)5(2)4-6/h2-4H2,1H3. The van der Waals surface area contributed by atoms with Gasteiger partial charge < -0.3 is 0 Å². The molecule has 0 unspecified atom stereocenters. The van der Waals surface area contributed by atoms with Crippen molar-refractivity contribution in [2.24, 2.45) is 0 Å². The summed E-state index contributed by atoms with van der Waals surface area (Å²) in [6.45, 7) is 4.91. The van der Waals surface area contributed by atoms with Crippen LogP contribution in [0.2, 0.25) is 0 Å². The van der Waals surface area contributed by atoms with Crippen LogP contribution in [0.3, 0.4) is 0 Å². The molecular formula is C5H9ClO3S. The summed E-state index contributed by atoms with van der Waals surface area (Å²) in [5, 5.41) is 0. The monoisotopic (exact) mass is 184 g/mol. The second-order valence-corrected chi connectivity index (χ2v) is 3.52. The first-order chi connectivity index (χ1) is 4.54. The molecule has 0 saturated heterocycles. The van der Waals surface area contributed by atoms with Crippen LogP contribution in [-0.2, 0) is 14.3 Å². The molecule has 0 heterocycles. The fourth-order valence-electron chi connectivity index (χ4n) is 0.305. The van der Waals surface area contributed by atoms with Gasteiger partial charge in [-0.1, -0.05) is 6.58 Å². The zero-order valence-electron chi connectivity index (χ0n) is 5.63. The molecule has 60 valence electrons. The summed E-state index contributed by atoms with van der Waals surface area (Å²) >= 11 is 5.21. The number of alkyl halides is 1. The van der Waals surface area contributed by atoms with E-state index < -0.39 is 10.1 Å². The lowest BCUT2D eigenvalue weighted by atomic mass is 10.7. The molecule has 0 atom stereocenters. The highest BCUT2D eigenvalue weighted by Gasteiger charge is 2.13. The van der Waals surface area contributed by atoms with Gasteiger partial charge in [-0.15, -0.1) is 11.6 Å². The van der Waals surface area contributed by atoms with Gasteiger partial charge in [0.2, 0.25) is 0 Å². The summed E-state index contributed by atoms with van der Waals surface area (Å²) in [7, 11) is -3.59. The molecule has 0 aliphatic carbocycles. The normalized spacial score (nSPS) is 11.4. The summed E-state index contributed by atoms with van der Waals surface area (Å²) in [5.41, 5.74) is 0. The fraction of sp³-hybridized carbons (Fsp3) is 0.600. The summed E-state index contributed by atoms with van der Waals surface area (Å²) in [6, 6.07) is 0. The van der Waals surface area contributed by atoms with Crippen LogP contribution in [0.25, 0.3) is 0 Å². The third kappa shape index (κ3) is 2.68. The maximum atomic E-state index is 10.8. The Morgan fingerprint density at radius 2 is 2.20 bits per heavy atom. The molecule has 10 heavy (non-hydrogen) atoms. The van der Waals surface area contributed by atoms with Crippen LogP contribution in [0.15, 0.2) is 11.5 Å². The number of hydrogen-bond acceptors (Lipinski definition) is 3. The Kier molecular flexibility index (Phi) is 3.93. The van der Waals surface area contributed by atoms with E-state index in [1.165, 1.54) is 0 Å². The number of rotatable bonds is 4. The van der Waals surface area contributed by atoms with E-state index in [2.05, 4.69) is 10.8 Å². The molecule has 0 rings (SSSR count). The molecule has 0 aromatic heterocycles. The van der Waals surface area contributed by atoms with E-state index in [9.17, 15) is 8.42 Å². The van der Waals surface area contributed by atoms with Crippen molar-refractivity contribution in [3.8, 4) is 0 Å². The third-order valence-corrected chi connectivity index (χ3v) is 2.65. The molecule has 3 nitrogen and oxygen atoms in total. The molecule has 0 saturated carbocycles. The van der Waals surface area contributed by atoms with Gasteiger partial charge in [0.15, 0.2) is 0 Å². The van der Waals surface area contributed by atoms with Crippen LogP contribution < -0.4 is 0 Å². The van der Waals surface area contributed by atoms with Crippen molar-refractivity contribution in [2.75, 3.05) is 12.5 Å². The zero-order chi connectivity index (χ0) is 8.20. The van der Waals surface area contributed by atoms with Crippen molar-refractivity contribution >= 4 is 21.7 Å². The van der Waals surface area contributed by atoms with Gasteiger partial charge in [0.05, 0.1) is 17.4 Å². The topological polar surface area (TPSA) is 43.4 Å². The van der Waals surface area contributed by atoms with Gasteiger partial charge in [0.1, 0.15) is 0 Å². The SMILES string of the molecule is C=C(CCl)S(=O)(=O)OCC. The minimum atomic E-state index is -3.59. The summed E-state index contributed by atoms with van der Waals surface area (Å²) < 4.78 is 25.9. The van der Waals surface area contributed by atoms with E-state index in [0.29, 0.717) is 0 Å². The summed E-state index contributed by atoms with van der Waals surface area (Å²) in [4.78, 5) is -0.101. The highest BCUT2D eigenvalue weighted by atomic mass is 35.5. The van der Waals surface area contributed by atoms with Crippen molar-refractivity contribution in [1.29, 1.82) is 0 Å². The largest absolute Gasteiger partial charge is 0.293 e. The summed E-state index contributed by atoms with van der Waals surface area (Å²) in [5.74, 6) is -0.123. The van der Waals surface area contributed by atoms with E-state index in [1.807, 2.05) is 0 Å². The molecule has 0 spiro atoms. The van der Waals surface area contributed by atoms with Gasteiger partial charge in [-0.05, 0) is 6.92 Å². The molecule has 0 radical (unpaired) electrons. The number of halogens is 1. The highest BCUT2D eigenvalue weighted by Crippen LogP contribution is 2.07. The third-order valence-electron chi connectivity index (χ3n) is 0.776. The van der Waals surface area contributed by atoms with Crippen molar-refractivity contribution in [1.82, 2.24) is 0 Å². The molecular weight excluding hydrogens is 176 g/mol. The number of allylic oxidation sites excluding steroid dienone is 1. The Morgan fingerprint density at radius 3 is 2.50 bits per heavy atom. The first-order valence-corrected chi connectivity index (χ1v) is 4.62. The van der Waals surface area contributed by atoms with Crippen molar-refractivity contribution in [2.45, 2.75) is 6.92 Å². The molecule has 5 heteroatoms. The Balaban J connectivity index is 4.27. The maximum Gasteiger partial charge on any atom is 0.293 e. The maximum absolute atomic E-state index is 10.8. The lowest BCUT2D eigenvalue weighted by molar-refractivity contribution is 0.343. The molecule has 0 amide bonds. The molecule has 0 bridgehead atoms. The Bertz CT molecular complexity index is 207. The minimum Gasteiger partial charge on any atom is -0.267 e. The van der Waals surface area contributed by atoms with Crippen molar-refractivity contribution in [3.05, 3.63) is 11.5 Å². The molecule has 0 N–H and O–H groups in total. The fourth-order valence-corrected chi connectivity index (χ4v) is 1.32. The Morgan fingerprint density at radius 1 is 1.70 bits per heavy atom. The average Bonchev–Trinajstić information content (AvgIpc) is 1.86. The average molecular weight is 185 g/mol. The van der Waals surface area contributed by atoms with Gasteiger partial charge in [0, 0.05) is 0 Å². The summed E-state index contributed by atoms with van der Waals surface area (Å²) in [6.07, 6.45) is 0. The van der Waals surface area contributed by atoms with Gasteiger partial charge in [-0.3, -0.25) is 4.18 Å². The second-order valence-electron chi connectivity index (χ2n) is 1.53. The van der Waals surface area contributed by atoms with Gasteiger partial charge in [-0.25, -0.2) is 0 Å². The van der Waals surface area contributed by atoms with Crippen molar-refractivity contribution in [3.63, 3.8) is 0 Å². The van der Waals surface area contributed by atoms with Crippen LogP contribution in [0.5, 0.6) is 0 Å². The van der Waals surface area contributed by atoms with Gasteiger partial charge in [0.25, 0.3) is 10.1 Å². The van der Waals surface area contributed by atoms with Crippen LogP contribution in [0.4, 0.5) is 0 Å². The van der Waals surface area contributed by atoms with Gasteiger partial charge >= 0.3 is 0 Å². The van der Waals surface area contributed by atoms with Crippen LogP contribution in [0.1, 0.15) is 6.92 Å². The Labute approximate surface area is 65.8 Å². The van der Waals surface area contributed by atoms with Crippen LogP contribution in [0, 0.1) is 0 Å². The minimum absolute atomic E-state index is 0.101. The first kappa shape index (κ1) is 9.94. The van der Waals surface area contributed by atoms with E-state index in [4.69, 9.17) is 11.6 Å². The zero-order valence-corrected chi connectivity index (χ0v) is 7.20. The number of hydrogen-bond donors (Lipinski definition) is 0. The van der Waals surface area contributed by atoms with Crippen molar-refractivity contribution < 1.29 is 12.6 Å². The van der Waals surface area contributed by atoms with E-state index in [-0.39, 0.29) is 17.4 Å². The first-order valence-electron chi connectivity index (χ1n) is 2.67. The van der Waals surface area contributed by atoms with Crippen LogP contribution in [-0.4, -0.2) is 20.9 Å². The molecule has 0 aliphatic rings. The van der Waals surface area contributed by atoms with E-state index >= 15 is 0 Å². The lowest BCUT2D eigenvalue weighted by Crippen LogP contribution is -2.08. The quantitative estimate of drug-likeness (QED) is 0.486. The van der Waals surface area contributed by atoms with E-state index in [1.54, 1.807) is 6.92 Å². The Hall–Kier alpha value is -0.0600. The van der Waals surface area contributed by atoms with Gasteiger partial charge in [-0.2, -0.15) is 8.42 Å². The molecule has 0 aromatic rings. The predicted molar refractivity (Wildman–Crippen MR) is 40.4 cm³/mol. The molecule has 0 aromatic carbocycles. The highest BCUT2D eigenvalue weighted by molar-refractivity contribution is 7.90. The van der Waals surface area contributed by atoms with Crippen LogP contribution >= 0.6 is 11.6 Å². The lowest BCUT2D eigenvalue weighted by Gasteiger charge is -2.01. The molecule has 0 fully saturated rings. The smallest absolute Gasteiger partial charge is 0.267 e.